The minimum absolute atomic E-state index is 0.137. The smallest absolute Gasteiger partial charge is 0.319 e. The van der Waals surface area contributed by atoms with Gasteiger partial charge < -0.3 is 15.4 Å². The monoisotopic (exact) mass is 333 g/mol. The predicted molar refractivity (Wildman–Crippen MR) is 98.5 cm³/mol. The van der Waals surface area contributed by atoms with E-state index in [1.807, 2.05) is 12.1 Å². The minimum atomic E-state index is -0.137. The van der Waals surface area contributed by atoms with Crippen LogP contribution in [-0.4, -0.2) is 49.3 Å². The van der Waals surface area contributed by atoms with Gasteiger partial charge in [0.15, 0.2) is 0 Å². The summed E-state index contributed by atoms with van der Waals surface area (Å²) >= 11 is 0. The predicted octanol–water partition coefficient (Wildman–Crippen LogP) is 3.26. The molecule has 1 fully saturated rings. The molecule has 0 spiro atoms. The maximum atomic E-state index is 11.9. The Balaban J connectivity index is 1.62. The van der Waals surface area contributed by atoms with E-state index in [0.717, 1.165) is 44.6 Å². The van der Waals surface area contributed by atoms with Crippen LogP contribution in [0.25, 0.3) is 0 Å². The molecule has 5 nitrogen and oxygen atoms in total. The normalized spacial score (nSPS) is 21.5. The number of anilines is 1. The highest BCUT2D eigenvalue weighted by Crippen LogP contribution is 2.11. The lowest BCUT2D eigenvalue weighted by atomic mass is 10.1. The molecule has 2 rings (SSSR count). The van der Waals surface area contributed by atoms with Crippen LogP contribution in [-0.2, 0) is 11.2 Å². The number of nitrogens with one attached hydrogen (secondary N) is 2. The molecule has 1 aliphatic rings. The van der Waals surface area contributed by atoms with Gasteiger partial charge >= 0.3 is 6.03 Å². The third kappa shape index (κ3) is 6.49. The van der Waals surface area contributed by atoms with Gasteiger partial charge in [-0.25, -0.2) is 4.79 Å². The number of morpholine rings is 1. The van der Waals surface area contributed by atoms with E-state index in [4.69, 9.17) is 4.74 Å². The average molecular weight is 333 g/mol. The number of carbonyl (C=O) groups is 1. The molecular formula is C19H31N3O2. The van der Waals surface area contributed by atoms with Crippen molar-refractivity contribution in [3.8, 4) is 0 Å². The van der Waals surface area contributed by atoms with Crippen LogP contribution in [0.1, 0.15) is 39.2 Å². The summed E-state index contributed by atoms with van der Waals surface area (Å²) in [6.07, 6.45) is 3.74. The van der Waals surface area contributed by atoms with Gasteiger partial charge in [0, 0.05) is 31.9 Å². The Bertz CT molecular complexity index is 494. The first kappa shape index (κ1) is 18.7. The van der Waals surface area contributed by atoms with E-state index in [9.17, 15) is 4.79 Å². The Morgan fingerprint density at radius 2 is 1.88 bits per heavy atom. The van der Waals surface area contributed by atoms with Gasteiger partial charge in [0.05, 0.1) is 12.2 Å². The van der Waals surface area contributed by atoms with Crippen LogP contribution >= 0.6 is 0 Å². The Kier molecular flexibility index (Phi) is 7.53. The van der Waals surface area contributed by atoms with Gasteiger partial charge in [0.25, 0.3) is 0 Å². The van der Waals surface area contributed by atoms with Crippen LogP contribution in [0.2, 0.25) is 0 Å². The van der Waals surface area contributed by atoms with Gasteiger partial charge in [-0.2, -0.15) is 0 Å². The maximum Gasteiger partial charge on any atom is 0.319 e. The Hall–Kier alpha value is -1.59. The van der Waals surface area contributed by atoms with Gasteiger partial charge in [-0.05, 0) is 44.4 Å². The first-order chi connectivity index (χ1) is 11.6. The van der Waals surface area contributed by atoms with E-state index >= 15 is 0 Å². The van der Waals surface area contributed by atoms with E-state index in [1.165, 1.54) is 5.56 Å². The van der Waals surface area contributed by atoms with Crippen LogP contribution in [0.15, 0.2) is 24.3 Å². The first-order valence-corrected chi connectivity index (χ1v) is 9.08. The second kappa shape index (κ2) is 9.64. The number of hydrogen-bond donors (Lipinski definition) is 2. The lowest BCUT2D eigenvalue weighted by Crippen LogP contribution is -2.46. The summed E-state index contributed by atoms with van der Waals surface area (Å²) in [5.74, 6) is 0. The highest BCUT2D eigenvalue weighted by Gasteiger charge is 2.21. The molecule has 24 heavy (non-hydrogen) atoms. The number of nitrogens with zero attached hydrogens (tertiary/aromatic N) is 1. The fourth-order valence-electron chi connectivity index (χ4n) is 3.19. The molecule has 1 heterocycles. The van der Waals surface area contributed by atoms with Crippen molar-refractivity contribution in [3.63, 3.8) is 0 Å². The molecule has 0 aromatic heterocycles. The van der Waals surface area contributed by atoms with Gasteiger partial charge in [-0.3, -0.25) is 4.90 Å². The summed E-state index contributed by atoms with van der Waals surface area (Å²) in [4.78, 5) is 14.3. The van der Waals surface area contributed by atoms with E-state index < -0.39 is 0 Å². The highest BCUT2D eigenvalue weighted by molar-refractivity contribution is 5.89. The average Bonchev–Trinajstić information content (AvgIpc) is 2.53. The molecule has 0 saturated carbocycles. The molecule has 1 aliphatic heterocycles. The molecule has 0 aliphatic carbocycles. The highest BCUT2D eigenvalue weighted by atomic mass is 16.5. The van der Waals surface area contributed by atoms with Crippen molar-refractivity contribution < 1.29 is 9.53 Å². The zero-order chi connectivity index (χ0) is 17.4. The zero-order valence-corrected chi connectivity index (χ0v) is 15.2. The molecule has 2 N–H and O–H groups in total. The van der Waals surface area contributed by atoms with E-state index in [1.54, 1.807) is 0 Å². The first-order valence-electron chi connectivity index (χ1n) is 9.08. The second-order valence-corrected chi connectivity index (χ2v) is 6.70. The molecule has 2 atom stereocenters. The maximum absolute atomic E-state index is 11.9. The third-order valence-electron chi connectivity index (χ3n) is 4.18. The number of urea groups is 1. The number of rotatable bonds is 7. The number of benzene rings is 1. The van der Waals surface area contributed by atoms with Gasteiger partial charge in [-0.1, -0.05) is 25.5 Å². The molecule has 1 aromatic carbocycles. The lowest BCUT2D eigenvalue weighted by molar-refractivity contribution is -0.0679. The number of ether oxygens (including phenoxy) is 1. The zero-order valence-electron chi connectivity index (χ0n) is 15.2. The molecule has 134 valence electrons. The Morgan fingerprint density at radius 1 is 1.21 bits per heavy atom. The van der Waals surface area contributed by atoms with E-state index in [2.05, 4.69) is 48.4 Å². The second-order valence-electron chi connectivity index (χ2n) is 6.70. The van der Waals surface area contributed by atoms with Crippen molar-refractivity contribution in [1.82, 2.24) is 10.2 Å². The van der Waals surface area contributed by atoms with Crippen LogP contribution in [0.5, 0.6) is 0 Å². The fraction of sp³-hybridized carbons (Fsp3) is 0.632. The minimum Gasteiger partial charge on any atom is -0.373 e. The summed E-state index contributed by atoms with van der Waals surface area (Å²) in [6.45, 7) is 10.0. The molecule has 0 bridgehead atoms. The van der Waals surface area contributed by atoms with Crippen molar-refractivity contribution in [1.29, 1.82) is 0 Å². The van der Waals surface area contributed by atoms with Gasteiger partial charge in [-0.15, -0.1) is 0 Å². The number of aryl methyl sites for hydroxylation is 1. The van der Waals surface area contributed by atoms with Crippen molar-refractivity contribution in [2.24, 2.45) is 0 Å². The molecule has 1 saturated heterocycles. The quantitative estimate of drug-likeness (QED) is 0.753. The third-order valence-corrected chi connectivity index (χ3v) is 4.18. The van der Waals surface area contributed by atoms with Crippen molar-refractivity contribution in [2.45, 2.75) is 52.2 Å². The van der Waals surface area contributed by atoms with Crippen molar-refractivity contribution >= 4 is 11.7 Å². The lowest BCUT2D eigenvalue weighted by Gasteiger charge is -2.35. The molecule has 5 heteroatoms. The van der Waals surface area contributed by atoms with Crippen molar-refractivity contribution in [2.75, 3.05) is 31.5 Å². The fourth-order valence-corrected chi connectivity index (χ4v) is 3.19. The van der Waals surface area contributed by atoms with Gasteiger partial charge in [0.1, 0.15) is 0 Å². The SMILES string of the molecule is CCCc1ccc(NC(=O)NCCCN2CC(C)OC(C)C2)cc1. The topological polar surface area (TPSA) is 53.6 Å². The number of amides is 2. The molecule has 1 aromatic rings. The Morgan fingerprint density at radius 3 is 2.50 bits per heavy atom. The van der Waals surface area contributed by atoms with Crippen LogP contribution in [0.3, 0.4) is 0 Å². The summed E-state index contributed by atoms with van der Waals surface area (Å²) in [5.41, 5.74) is 2.14. The van der Waals surface area contributed by atoms with Crippen molar-refractivity contribution in [3.05, 3.63) is 29.8 Å². The van der Waals surface area contributed by atoms with Crippen LogP contribution < -0.4 is 10.6 Å². The molecule has 2 unspecified atom stereocenters. The standard InChI is InChI=1S/C19H31N3O2/c1-4-6-17-7-9-18(10-8-17)21-19(23)20-11-5-12-22-13-15(2)24-16(3)14-22/h7-10,15-16H,4-6,11-14H2,1-3H3,(H2,20,21,23). The summed E-state index contributed by atoms with van der Waals surface area (Å²) in [5, 5.41) is 5.81. The number of hydrogen-bond acceptors (Lipinski definition) is 3. The summed E-state index contributed by atoms with van der Waals surface area (Å²) in [7, 11) is 0. The summed E-state index contributed by atoms with van der Waals surface area (Å²) < 4.78 is 5.73. The van der Waals surface area contributed by atoms with Crippen LogP contribution in [0, 0.1) is 0 Å². The summed E-state index contributed by atoms with van der Waals surface area (Å²) in [6, 6.07) is 7.92. The molecular weight excluding hydrogens is 302 g/mol. The molecule has 0 radical (unpaired) electrons. The molecule has 2 amide bonds. The number of carbonyl (C=O) groups excluding carboxylic acids is 1. The van der Waals surface area contributed by atoms with Crippen LogP contribution in [0.4, 0.5) is 10.5 Å². The van der Waals surface area contributed by atoms with E-state index in [-0.39, 0.29) is 6.03 Å². The Labute approximate surface area is 145 Å². The van der Waals surface area contributed by atoms with E-state index in [0.29, 0.717) is 18.8 Å². The largest absolute Gasteiger partial charge is 0.373 e. The van der Waals surface area contributed by atoms with Gasteiger partial charge in [0.2, 0.25) is 0 Å².